The average Bonchev–Trinajstić information content (AvgIpc) is 3.19. The van der Waals surface area contributed by atoms with Gasteiger partial charge in [0, 0.05) is 12.0 Å². The van der Waals surface area contributed by atoms with Gasteiger partial charge in [-0.25, -0.2) is 0 Å². The van der Waals surface area contributed by atoms with Gasteiger partial charge >= 0.3 is 0 Å². The fourth-order valence-corrected chi connectivity index (χ4v) is 3.46. The number of hydrogen-bond acceptors (Lipinski definition) is 1. The zero-order valence-electron chi connectivity index (χ0n) is 12.3. The molecule has 5 heteroatoms. The van der Waals surface area contributed by atoms with Crippen LogP contribution in [0.4, 0.5) is 0 Å². The molecule has 0 spiro atoms. The second-order valence-electron chi connectivity index (χ2n) is 5.48. The maximum Gasteiger partial charge on any atom is 0.0595 e. The molecular weight excluding hydrogens is 357 g/mol. The van der Waals surface area contributed by atoms with Crippen LogP contribution in [0.3, 0.4) is 0 Å². The molecule has 0 heterocycles. The summed E-state index contributed by atoms with van der Waals surface area (Å²) in [6.07, 6.45) is 1.15. The van der Waals surface area contributed by atoms with E-state index in [0.717, 1.165) is 13.0 Å². The van der Waals surface area contributed by atoms with Crippen molar-refractivity contribution >= 4 is 49.1 Å². The van der Waals surface area contributed by atoms with Crippen molar-refractivity contribution in [1.29, 1.82) is 0 Å². The third-order valence-corrected chi connectivity index (χ3v) is 5.00. The monoisotopic (exact) mass is 375 g/mol. The SMILES string of the molecule is CNC[C@@]1(c2ccc(Cl)c(Cl)c2)C[C@@H]1c1ccccc1.Cl.S. The molecule has 0 amide bonds. The molecule has 1 aliphatic carbocycles. The first-order valence-corrected chi connectivity index (χ1v) is 7.58. The van der Waals surface area contributed by atoms with Crippen molar-refractivity contribution in [1.82, 2.24) is 5.32 Å². The van der Waals surface area contributed by atoms with Gasteiger partial charge in [0.1, 0.15) is 0 Å². The van der Waals surface area contributed by atoms with E-state index in [1.165, 1.54) is 11.1 Å². The molecule has 3 rings (SSSR count). The van der Waals surface area contributed by atoms with Gasteiger partial charge in [-0.3, -0.25) is 0 Å². The van der Waals surface area contributed by atoms with Gasteiger partial charge in [-0.1, -0.05) is 59.6 Å². The Morgan fingerprint density at radius 2 is 1.77 bits per heavy atom. The molecule has 0 saturated heterocycles. The third kappa shape index (κ3) is 3.58. The molecular formula is C17H20Cl3NS. The van der Waals surface area contributed by atoms with Crippen molar-refractivity contribution in [3.05, 3.63) is 69.7 Å². The second-order valence-corrected chi connectivity index (χ2v) is 6.30. The van der Waals surface area contributed by atoms with E-state index in [0.29, 0.717) is 16.0 Å². The van der Waals surface area contributed by atoms with Crippen LogP contribution in [-0.2, 0) is 5.41 Å². The van der Waals surface area contributed by atoms with Crippen LogP contribution in [0.25, 0.3) is 0 Å². The number of halogens is 3. The Kier molecular flexibility index (Phi) is 7.10. The van der Waals surface area contributed by atoms with Crippen LogP contribution in [-0.4, -0.2) is 13.6 Å². The highest BCUT2D eigenvalue weighted by atomic mass is 35.5. The Balaban J connectivity index is 0.00000121. The Bertz CT molecular complexity index is 621. The number of hydrogen-bond donors (Lipinski definition) is 1. The Morgan fingerprint density at radius 1 is 1.09 bits per heavy atom. The summed E-state index contributed by atoms with van der Waals surface area (Å²) in [5.74, 6) is 0.549. The minimum absolute atomic E-state index is 0. The molecule has 1 nitrogen and oxygen atoms in total. The second kappa shape index (κ2) is 7.94. The van der Waals surface area contributed by atoms with Gasteiger partial charge in [0.05, 0.1) is 10.0 Å². The van der Waals surface area contributed by atoms with Crippen molar-refractivity contribution < 1.29 is 0 Å². The van der Waals surface area contributed by atoms with E-state index in [4.69, 9.17) is 23.2 Å². The van der Waals surface area contributed by atoms with Gasteiger partial charge in [0.25, 0.3) is 0 Å². The molecule has 1 N–H and O–H groups in total. The summed E-state index contributed by atoms with van der Waals surface area (Å²) in [5, 5.41) is 4.58. The normalized spacial score (nSPS) is 22.4. The zero-order chi connectivity index (χ0) is 14.2. The lowest BCUT2D eigenvalue weighted by molar-refractivity contribution is 0.605. The summed E-state index contributed by atoms with van der Waals surface area (Å²) in [5.41, 5.74) is 2.81. The van der Waals surface area contributed by atoms with Gasteiger partial charge < -0.3 is 5.32 Å². The average molecular weight is 377 g/mol. The molecule has 2 atom stereocenters. The minimum Gasteiger partial charge on any atom is -0.319 e. The van der Waals surface area contributed by atoms with Crippen LogP contribution in [0.15, 0.2) is 48.5 Å². The molecule has 1 aliphatic rings. The third-order valence-electron chi connectivity index (χ3n) is 4.26. The van der Waals surface area contributed by atoms with E-state index in [1.807, 2.05) is 19.2 Å². The predicted molar refractivity (Wildman–Crippen MR) is 103 cm³/mol. The Labute approximate surface area is 155 Å². The number of likely N-dealkylation sites (N-methyl/N-ethyl adjacent to an activating group) is 1. The first-order valence-electron chi connectivity index (χ1n) is 6.82. The first-order chi connectivity index (χ1) is 9.67. The summed E-state index contributed by atoms with van der Waals surface area (Å²) < 4.78 is 0. The molecule has 2 aromatic rings. The molecule has 2 aromatic carbocycles. The van der Waals surface area contributed by atoms with Crippen molar-refractivity contribution in [2.24, 2.45) is 0 Å². The lowest BCUT2D eigenvalue weighted by Gasteiger charge is -2.19. The summed E-state index contributed by atoms with van der Waals surface area (Å²) in [7, 11) is 2.00. The molecule has 22 heavy (non-hydrogen) atoms. The predicted octanol–water partition coefficient (Wildman–Crippen LogP) is 5.17. The fraction of sp³-hybridized carbons (Fsp3) is 0.294. The molecule has 0 aliphatic heterocycles. The van der Waals surface area contributed by atoms with Gasteiger partial charge in [-0.2, -0.15) is 13.5 Å². The minimum atomic E-state index is 0. The van der Waals surface area contributed by atoms with Crippen LogP contribution in [0.2, 0.25) is 10.0 Å². The van der Waals surface area contributed by atoms with Crippen LogP contribution in [0, 0.1) is 0 Å². The molecule has 0 aromatic heterocycles. The highest BCUT2D eigenvalue weighted by Crippen LogP contribution is 2.60. The van der Waals surface area contributed by atoms with Crippen LogP contribution < -0.4 is 5.32 Å². The molecule has 120 valence electrons. The Morgan fingerprint density at radius 3 is 2.36 bits per heavy atom. The molecule has 1 fully saturated rings. The standard InChI is InChI=1S/C17H17Cl2N.ClH.H2S/c1-20-11-17(13-7-8-15(18)16(19)9-13)10-14(17)12-5-3-2-4-6-12;;/h2-9,14,20H,10-11H2,1H3;1H;1H2/t14-,17-;;/m1../s1. The maximum absolute atomic E-state index is 6.19. The number of rotatable bonds is 4. The number of benzene rings is 2. The Hall–Kier alpha value is -0.380. The van der Waals surface area contributed by atoms with Crippen LogP contribution in [0.5, 0.6) is 0 Å². The first kappa shape index (κ1) is 19.7. The quantitative estimate of drug-likeness (QED) is 0.776. The zero-order valence-corrected chi connectivity index (χ0v) is 15.6. The van der Waals surface area contributed by atoms with Crippen molar-refractivity contribution in [2.75, 3.05) is 13.6 Å². The summed E-state index contributed by atoms with van der Waals surface area (Å²) in [6, 6.07) is 16.7. The fourth-order valence-electron chi connectivity index (χ4n) is 3.17. The van der Waals surface area contributed by atoms with E-state index in [2.05, 4.69) is 41.7 Å². The van der Waals surface area contributed by atoms with Crippen LogP contribution in [0.1, 0.15) is 23.5 Å². The van der Waals surface area contributed by atoms with Crippen molar-refractivity contribution in [3.63, 3.8) is 0 Å². The molecule has 0 radical (unpaired) electrons. The van der Waals surface area contributed by atoms with Gasteiger partial charge in [0.15, 0.2) is 0 Å². The largest absolute Gasteiger partial charge is 0.319 e. The number of nitrogens with one attached hydrogen (secondary N) is 1. The highest BCUT2D eigenvalue weighted by Gasteiger charge is 2.55. The maximum atomic E-state index is 6.19. The smallest absolute Gasteiger partial charge is 0.0595 e. The summed E-state index contributed by atoms with van der Waals surface area (Å²) in [4.78, 5) is 0. The van der Waals surface area contributed by atoms with E-state index in [9.17, 15) is 0 Å². The summed E-state index contributed by atoms with van der Waals surface area (Å²) in [6.45, 7) is 0.949. The van der Waals surface area contributed by atoms with Crippen molar-refractivity contribution in [2.45, 2.75) is 17.8 Å². The highest BCUT2D eigenvalue weighted by molar-refractivity contribution is 7.59. The van der Waals surface area contributed by atoms with E-state index < -0.39 is 0 Å². The topological polar surface area (TPSA) is 12.0 Å². The molecule has 0 bridgehead atoms. The van der Waals surface area contributed by atoms with Gasteiger partial charge in [-0.15, -0.1) is 12.4 Å². The van der Waals surface area contributed by atoms with Gasteiger partial charge in [0.2, 0.25) is 0 Å². The van der Waals surface area contributed by atoms with E-state index in [-0.39, 0.29) is 31.3 Å². The lowest BCUT2D eigenvalue weighted by atomic mass is 9.90. The van der Waals surface area contributed by atoms with E-state index >= 15 is 0 Å². The van der Waals surface area contributed by atoms with Crippen LogP contribution >= 0.6 is 49.1 Å². The van der Waals surface area contributed by atoms with E-state index in [1.54, 1.807) is 0 Å². The van der Waals surface area contributed by atoms with Crippen molar-refractivity contribution in [3.8, 4) is 0 Å². The molecule has 0 unspecified atom stereocenters. The summed E-state index contributed by atoms with van der Waals surface area (Å²) >= 11 is 12.2. The van der Waals surface area contributed by atoms with Gasteiger partial charge in [-0.05, 0) is 42.6 Å². The molecule has 1 saturated carbocycles. The lowest BCUT2D eigenvalue weighted by Crippen LogP contribution is -2.25.